The van der Waals surface area contributed by atoms with Crippen molar-refractivity contribution in [2.24, 2.45) is 0 Å². The minimum Gasteiger partial charge on any atom is -0.506 e. The maximum Gasteiger partial charge on any atom is 0.211 e. The SMILES string of the molecule is Nc1cc(-c2cccc(-c3ccccc3)c2)ccc1CCNC[C@H](O)c1ccc(O)c(NC=O)c1. The van der Waals surface area contributed by atoms with E-state index >= 15 is 0 Å². The van der Waals surface area contributed by atoms with Gasteiger partial charge in [0.1, 0.15) is 5.75 Å². The van der Waals surface area contributed by atoms with E-state index in [1.807, 2.05) is 24.3 Å². The highest BCUT2D eigenvalue weighted by Gasteiger charge is 2.11. The molecule has 4 aromatic rings. The molecule has 4 aromatic carbocycles. The third-order valence-electron chi connectivity index (χ3n) is 5.98. The zero-order chi connectivity index (χ0) is 24.6. The molecule has 1 amide bonds. The number of phenolic OH excluding ortho intramolecular Hbond substituents is 1. The fourth-order valence-electron chi connectivity index (χ4n) is 4.03. The van der Waals surface area contributed by atoms with Crippen molar-refractivity contribution >= 4 is 17.8 Å². The van der Waals surface area contributed by atoms with E-state index in [4.69, 9.17) is 5.73 Å². The number of carbonyl (C=O) groups excluding carboxylic acids is 1. The van der Waals surface area contributed by atoms with E-state index < -0.39 is 6.10 Å². The highest BCUT2D eigenvalue weighted by Crippen LogP contribution is 2.29. The lowest BCUT2D eigenvalue weighted by Gasteiger charge is -2.15. The van der Waals surface area contributed by atoms with Gasteiger partial charge in [-0.2, -0.15) is 0 Å². The van der Waals surface area contributed by atoms with Gasteiger partial charge >= 0.3 is 0 Å². The lowest BCUT2D eigenvalue weighted by molar-refractivity contribution is -0.105. The average molecular weight is 468 g/mol. The van der Waals surface area contributed by atoms with Crippen LogP contribution in [0.1, 0.15) is 17.2 Å². The van der Waals surface area contributed by atoms with Gasteiger partial charge in [-0.25, -0.2) is 0 Å². The molecule has 0 unspecified atom stereocenters. The van der Waals surface area contributed by atoms with Crippen LogP contribution in [0, 0.1) is 0 Å². The topological polar surface area (TPSA) is 108 Å². The summed E-state index contributed by atoms with van der Waals surface area (Å²) in [5, 5.41) is 25.8. The molecule has 0 fully saturated rings. The van der Waals surface area contributed by atoms with Gasteiger partial charge in [0.05, 0.1) is 11.8 Å². The predicted molar refractivity (Wildman–Crippen MR) is 141 cm³/mol. The maximum absolute atomic E-state index is 10.6. The largest absolute Gasteiger partial charge is 0.506 e. The van der Waals surface area contributed by atoms with Gasteiger partial charge in [0, 0.05) is 12.2 Å². The summed E-state index contributed by atoms with van der Waals surface area (Å²) in [7, 11) is 0. The lowest BCUT2D eigenvalue weighted by atomic mass is 9.97. The summed E-state index contributed by atoms with van der Waals surface area (Å²) in [4.78, 5) is 10.6. The van der Waals surface area contributed by atoms with Gasteiger partial charge in [-0.15, -0.1) is 0 Å². The number of rotatable bonds is 10. The quantitative estimate of drug-likeness (QED) is 0.100. The Balaban J connectivity index is 1.35. The first kappa shape index (κ1) is 24.0. The fraction of sp³-hybridized carbons (Fsp3) is 0.138. The van der Waals surface area contributed by atoms with E-state index in [1.165, 1.54) is 11.6 Å². The molecule has 0 aliphatic rings. The van der Waals surface area contributed by atoms with Crippen molar-refractivity contribution in [2.75, 3.05) is 24.1 Å². The van der Waals surface area contributed by atoms with Crippen molar-refractivity contribution in [1.82, 2.24) is 5.32 Å². The summed E-state index contributed by atoms with van der Waals surface area (Å²) in [6.45, 7) is 0.969. The monoisotopic (exact) mass is 467 g/mol. The van der Waals surface area contributed by atoms with Crippen molar-refractivity contribution in [3.05, 3.63) is 102 Å². The summed E-state index contributed by atoms with van der Waals surface area (Å²) >= 11 is 0. The number of aliphatic hydroxyl groups excluding tert-OH is 1. The Morgan fingerprint density at radius 2 is 1.54 bits per heavy atom. The van der Waals surface area contributed by atoms with Crippen LogP contribution in [0.25, 0.3) is 22.3 Å². The van der Waals surface area contributed by atoms with E-state index in [0.29, 0.717) is 25.1 Å². The highest BCUT2D eigenvalue weighted by molar-refractivity contribution is 5.76. The number of anilines is 2. The Kier molecular flexibility index (Phi) is 7.77. The first-order valence-corrected chi connectivity index (χ1v) is 11.5. The van der Waals surface area contributed by atoms with Crippen LogP contribution in [-0.4, -0.2) is 29.7 Å². The number of benzene rings is 4. The molecule has 0 aliphatic carbocycles. The summed E-state index contributed by atoms with van der Waals surface area (Å²) in [5.41, 5.74) is 13.5. The van der Waals surface area contributed by atoms with Gasteiger partial charge in [0.2, 0.25) is 6.41 Å². The third-order valence-corrected chi connectivity index (χ3v) is 5.98. The lowest BCUT2D eigenvalue weighted by Crippen LogP contribution is -2.24. The second-order valence-electron chi connectivity index (χ2n) is 8.37. The number of phenols is 1. The standard InChI is InChI=1S/C29H29N3O3/c30-26-16-24(23-8-4-7-22(15-23)20-5-2-1-3-6-20)10-9-21(26)13-14-31-18-29(35)25-11-12-28(34)27(17-25)32-19-33/h1-12,15-17,19,29,31,34-35H,13-14,18,30H2,(H,32,33)/t29-/m0/s1. The van der Waals surface area contributed by atoms with E-state index in [9.17, 15) is 15.0 Å². The zero-order valence-corrected chi connectivity index (χ0v) is 19.3. The molecule has 4 rings (SSSR count). The number of carbonyl (C=O) groups is 1. The van der Waals surface area contributed by atoms with E-state index in [-0.39, 0.29) is 11.4 Å². The molecule has 0 saturated heterocycles. The van der Waals surface area contributed by atoms with Crippen LogP contribution in [0.15, 0.2) is 91.0 Å². The molecule has 35 heavy (non-hydrogen) atoms. The van der Waals surface area contributed by atoms with Gasteiger partial charge in [-0.1, -0.05) is 66.7 Å². The van der Waals surface area contributed by atoms with Crippen LogP contribution in [0.4, 0.5) is 11.4 Å². The molecule has 6 nitrogen and oxygen atoms in total. The number of nitrogens with two attached hydrogens (primary N) is 1. The third kappa shape index (κ3) is 6.06. The molecule has 1 atom stereocenters. The Morgan fingerprint density at radius 3 is 2.29 bits per heavy atom. The number of aliphatic hydroxyl groups is 1. The molecule has 6 N–H and O–H groups in total. The molecule has 0 heterocycles. The molecule has 0 radical (unpaired) electrons. The number of hydrogen-bond acceptors (Lipinski definition) is 5. The number of amides is 1. The number of hydrogen-bond donors (Lipinski definition) is 5. The van der Waals surface area contributed by atoms with Gasteiger partial charge in [-0.3, -0.25) is 4.79 Å². The van der Waals surface area contributed by atoms with Crippen LogP contribution in [0.3, 0.4) is 0 Å². The molecule has 6 heteroatoms. The molecule has 0 aromatic heterocycles. The van der Waals surface area contributed by atoms with Crippen molar-refractivity contribution < 1.29 is 15.0 Å². The zero-order valence-electron chi connectivity index (χ0n) is 19.3. The predicted octanol–water partition coefficient (Wildman–Crippen LogP) is 4.74. The van der Waals surface area contributed by atoms with E-state index in [1.54, 1.807) is 12.1 Å². The van der Waals surface area contributed by atoms with Crippen LogP contribution in [0.2, 0.25) is 0 Å². The molecule has 178 valence electrons. The van der Waals surface area contributed by atoms with Gasteiger partial charge < -0.3 is 26.6 Å². The van der Waals surface area contributed by atoms with E-state index in [2.05, 4.69) is 59.2 Å². The normalized spacial score (nSPS) is 11.7. The number of nitrogen functional groups attached to an aromatic ring is 1. The van der Waals surface area contributed by atoms with Gasteiger partial charge in [-0.05, 0) is 70.6 Å². The van der Waals surface area contributed by atoms with Crippen LogP contribution in [-0.2, 0) is 11.2 Å². The van der Waals surface area contributed by atoms with Crippen molar-refractivity contribution in [3.8, 4) is 28.0 Å². The number of nitrogens with one attached hydrogen (secondary N) is 2. The van der Waals surface area contributed by atoms with Gasteiger partial charge in [0.15, 0.2) is 0 Å². The summed E-state index contributed by atoms with van der Waals surface area (Å²) in [5.74, 6) is -0.0493. The second kappa shape index (κ2) is 11.3. The minimum absolute atomic E-state index is 0.0493. The fourth-order valence-corrected chi connectivity index (χ4v) is 4.03. The maximum atomic E-state index is 10.6. The average Bonchev–Trinajstić information content (AvgIpc) is 2.89. The number of aromatic hydroxyl groups is 1. The second-order valence-corrected chi connectivity index (χ2v) is 8.37. The smallest absolute Gasteiger partial charge is 0.211 e. The first-order chi connectivity index (χ1) is 17.0. The Labute approximate surface area is 205 Å². The summed E-state index contributed by atoms with van der Waals surface area (Å²) in [6, 6.07) is 29.5. The molecule has 0 spiro atoms. The minimum atomic E-state index is -0.778. The summed E-state index contributed by atoms with van der Waals surface area (Å²) < 4.78 is 0. The van der Waals surface area contributed by atoms with Gasteiger partial charge in [0.25, 0.3) is 0 Å². The van der Waals surface area contributed by atoms with Crippen molar-refractivity contribution in [3.63, 3.8) is 0 Å². The highest BCUT2D eigenvalue weighted by atomic mass is 16.3. The molecule has 0 saturated carbocycles. The van der Waals surface area contributed by atoms with Crippen LogP contribution < -0.4 is 16.4 Å². The Morgan fingerprint density at radius 1 is 0.829 bits per heavy atom. The van der Waals surface area contributed by atoms with Crippen molar-refractivity contribution in [1.29, 1.82) is 0 Å². The molecular weight excluding hydrogens is 438 g/mol. The van der Waals surface area contributed by atoms with Crippen molar-refractivity contribution in [2.45, 2.75) is 12.5 Å². The summed E-state index contributed by atoms with van der Waals surface area (Å²) in [6.07, 6.45) is 0.426. The molecular formula is C29H29N3O3. The molecule has 0 aliphatic heterocycles. The van der Waals surface area contributed by atoms with Crippen LogP contribution >= 0.6 is 0 Å². The Bertz CT molecular complexity index is 1290. The first-order valence-electron chi connectivity index (χ1n) is 11.5. The molecule has 0 bridgehead atoms. The van der Waals surface area contributed by atoms with Crippen LogP contribution in [0.5, 0.6) is 5.75 Å². The Hall–Kier alpha value is -4.13. The van der Waals surface area contributed by atoms with E-state index in [0.717, 1.165) is 34.4 Å².